The number of hydrogen-bond acceptors (Lipinski definition) is 2. The molecule has 0 unspecified atom stereocenters. The van der Waals surface area contributed by atoms with Gasteiger partial charge in [0.25, 0.3) is 0 Å². The van der Waals surface area contributed by atoms with Crippen molar-refractivity contribution in [3.8, 4) is 9.75 Å². The summed E-state index contributed by atoms with van der Waals surface area (Å²) in [7, 11) is 0. The summed E-state index contributed by atoms with van der Waals surface area (Å²) in [6.45, 7) is 0. The second-order valence-electron chi connectivity index (χ2n) is 5.71. The zero-order chi connectivity index (χ0) is 13.7. The molecule has 2 aliphatic carbocycles. The molecule has 2 aromatic heterocycles. The molecule has 0 N–H and O–H groups in total. The molecule has 0 saturated carbocycles. The SMILES string of the molecule is Brc1c(-c2sc3c(c2Br)CCCC3)sc2c1CCCC2. The van der Waals surface area contributed by atoms with Crippen molar-refractivity contribution in [2.75, 3.05) is 0 Å². The Bertz CT molecular complexity index is 608. The van der Waals surface area contributed by atoms with Gasteiger partial charge in [0.1, 0.15) is 0 Å². The van der Waals surface area contributed by atoms with E-state index >= 15 is 0 Å². The van der Waals surface area contributed by atoms with Gasteiger partial charge in [-0.25, -0.2) is 0 Å². The van der Waals surface area contributed by atoms with E-state index in [-0.39, 0.29) is 0 Å². The van der Waals surface area contributed by atoms with Crippen LogP contribution < -0.4 is 0 Å². The minimum atomic E-state index is 1.26. The fourth-order valence-corrected chi connectivity index (χ4v) is 8.33. The first-order valence-electron chi connectivity index (χ1n) is 7.36. The average molecular weight is 432 g/mol. The lowest BCUT2D eigenvalue weighted by Gasteiger charge is -2.10. The van der Waals surface area contributed by atoms with E-state index in [0.717, 1.165) is 0 Å². The van der Waals surface area contributed by atoms with Crippen LogP contribution in [0.15, 0.2) is 8.95 Å². The Labute approximate surface area is 144 Å². The van der Waals surface area contributed by atoms with Crippen molar-refractivity contribution < 1.29 is 0 Å². The summed E-state index contributed by atoms with van der Waals surface area (Å²) in [6, 6.07) is 0. The number of rotatable bonds is 1. The van der Waals surface area contributed by atoms with E-state index in [1.807, 2.05) is 22.7 Å². The fraction of sp³-hybridized carbons (Fsp3) is 0.500. The third-order valence-corrected chi connectivity index (χ3v) is 9.44. The van der Waals surface area contributed by atoms with E-state index in [0.29, 0.717) is 0 Å². The Morgan fingerprint density at radius 3 is 1.40 bits per heavy atom. The van der Waals surface area contributed by atoms with Crippen LogP contribution in [0.2, 0.25) is 0 Å². The van der Waals surface area contributed by atoms with Crippen molar-refractivity contribution in [3.05, 3.63) is 29.8 Å². The van der Waals surface area contributed by atoms with E-state index in [2.05, 4.69) is 31.9 Å². The maximum Gasteiger partial charge on any atom is 0.0602 e. The fourth-order valence-electron chi connectivity index (χ4n) is 3.35. The highest BCUT2D eigenvalue weighted by Crippen LogP contribution is 2.50. The number of halogens is 2. The number of hydrogen-bond donors (Lipinski definition) is 0. The first-order valence-corrected chi connectivity index (χ1v) is 10.6. The van der Waals surface area contributed by atoms with Crippen LogP contribution in [0.3, 0.4) is 0 Å². The molecular formula is C16H16Br2S2. The van der Waals surface area contributed by atoms with Crippen LogP contribution in [0.5, 0.6) is 0 Å². The minimum Gasteiger partial charge on any atom is -0.138 e. The van der Waals surface area contributed by atoms with Crippen molar-refractivity contribution in [1.29, 1.82) is 0 Å². The average Bonchev–Trinajstić information content (AvgIpc) is 2.98. The van der Waals surface area contributed by atoms with E-state index in [9.17, 15) is 0 Å². The second kappa shape index (κ2) is 5.53. The van der Waals surface area contributed by atoms with Crippen LogP contribution in [-0.2, 0) is 25.7 Å². The highest BCUT2D eigenvalue weighted by Gasteiger charge is 2.25. The molecule has 0 atom stereocenters. The monoisotopic (exact) mass is 430 g/mol. The lowest BCUT2D eigenvalue weighted by molar-refractivity contribution is 0.695. The smallest absolute Gasteiger partial charge is 0.0602 e. The zero-order valence-electron chi connectivity index (χ0n) is 11.2. The van der Waals surface area contributed by atoms with E-state index < -0.39 is 0 Å². The first-order chi connectivity index (χ1) is 9.75. The van der Waals surface area contributed by atoms with E-state index in [1.54, 1.807) is 20.9 Å². The van der Waals surface area contributed by atoms with Crippen LogP contribution in [0.1, 0.15) is 46.6 Å². The van der Waals surface area contributed by atoms with Gasteiger partial charge in [0.15, 0.2) is 0 Å². The van der Waals surface area contributed by atoms with Crippen molar-refractivity contribution >= 4 is 54.5 Å². The van der Waals surface area contributed by atoms with Gasteiger partial charge in [0.05, 0.1) is 9.75 Å². The maximum atomic E-state index is 3.90. The maximum absolute atomic E-state index is 3.90. The van der Waals surface area contributed by atoms with Gasteiger partial charge >= 0.3 is 0 Å². The van der Waals surface area contributed by atoms with Crippen LogP contribution in [0.4, 0.5) is 0 Å². The second-order valence-corrected chi connectivity index (χ2v) is 9.50. The largest absolute Gasteiger partial charge is 0.138 e. The number of aryl methyl sites for hydroxylation is 2. The Morgan fingerprint density at radius 2 is 1.00 bits per heavy atom. The molecule has 2 aromatic rings. The quantitative estimate of drug-likeness (QED) is 0.467. The molecule has 0 radical (unpaired) electrons. The van der Waals surface area contributed by atoms with Crippen LogP contribution in [0.25, 0.3) is 9.75 Å². The molecule has 4 heteroatoms. The summed E-state index contributed by atoms with van der Waals surface area (Å²) in [5, 5.41) is 0. The summed E-state index contributed by atoms with van der Waals surface area (Å²) >= 11 is 11.8. The third kappa shape index (κ3) is 2.18. The van der Waals surface area contributed by atoms with Crippen molar-refractivity contribution in [2.45, 2.75) is 51.4 Å². The molecule has 0 spiro atoms. The Morgan fingerprint density at radius 1 is 0.600 bits per heavy atom. The van der Waals surface area contributed by atoms with Gasteiger partial charge in [-0.05, 0) is 94.4 Å². The normalized spacial score (nSPS) is 17.9. The first kappa shape index (κ1) is 14.0. The van der Waals surface area contributed by atoms with Crippen molar-refractivity contribution in [3.63, 3.8) is 0 Å². The number of thiophene rings is 2. The van der Waals surface area contributed by atoms with Crippen molar-refractivity contribution in [1.82, 2.24) is 0 Å². The molecule has 4 rings (SSSR count). The highest BCUT2D eigenvalue weighted by molar-refractivity contribution is 9.11. The standard InChI is InChI=1S/C16H16Br2S2/c17-13-9-5-1-3-7-11(9)19-15(13)16-14(18)10-6-2-4-8-12(10)20-16/h1-8H2. The van der Waals surface area contributed by atoms with Gasteiger partial charge in [0.2, 0.25) is 0 Å². The van der Waals surface area contributed by atoms with Gasteiger partial charge in [0, 0.05) is 18.7 Å². The van der Waals surface area contributed by atoms with Crippen LogP contribution in [-0.4, -0.2) is 0 Å². The Kier molecular flexibility index (Phi) is 3.87. The van der Waals surface area contributed by atoms with Crippen molar-refractivity contribution in [2.24, 2.45) is 0 Å². The summed E-state index contributed by atoms with van der Waals surface area (Å²) in [5.41, 5.74) is 3.18. The molecule has 0 nitrogen and oxygen atoms in total. The third-order valence-electron chi connectivity index (χ3n) is 4.42. The lowest BCUT2D eigenvalue weighted by atomic mass is 9.98. The van der Waals surface area contributed by atoms with E-state index in [1.165, 1.54) is 70.1 Å². The Balaban J connectivity index is 1.85. The van der Waals surface area contributed by atoms with E-state index in [4.69, 9.17) is 0 Å². The molecule has 0 bridgehead atoms. The molecule has 20 heavy (non-hydrogen) atoms. The predicted molar refractivity (Wildman–Crippen MR) is 96.3 cm³/mol. The molecule has 0 aromatic carbocycles. The zero-order valence-corrected chi connectivity index (χ0v) is 16.0. The van der Waals surface area contributed by atoms with Gasteiger partial charge in [-0.3, -0.25) is 0 Å². The summed E-state index contributed by atoms with van der Waals surface area (Å²) in [5.74, 6) is 0. The highest BCUT2D eigenvalue weighted by atomic mass is 79.9. The van der Waals surface area contributed by atoms with Gasteiger partial charge < -0.3 is 0 Å². The Hall–Kier alpha value is 0.360. The lowest BCUT2D eigenvalue weighted by Crippen LogP contribution is -1.98. The minimum absolute atomic E-state index is 1.26. The predicted octanol–water partition coefficient (Wildman–Crippen LogP) is 6.76. The van der Waals surface area contributed by atoms with Gasteiger partial charge in [-0.2, -0.15) is 0 Å². The molecule has 0 fully saturated rings. The number of fused-ring (bicyclic) bond motifs is 2. The summed E-state index contributed by atoms with van der Waals surface area (Å²) in [4.78, 5) is 6.19. The molecule has 2 aliphatic rings. The summed E-state index contributed by atoms with van der Waals surface area (Å²) < 4.78 is 2.77. The van der Waals surface area contributed by atoms with Gasteiger partial charge in [-0.1, -0.05) is 0 Å². The molecule has 0 amide bonds. The molecule has 106 valence electrons. The molecule has 2 heterocycles. The molecule has 0 saturated heterocycles. The summed E-state index contributed by atoms with van der Waals surface area (Å²) in [6.07, 6.45) is 10.5. The van der Waals surface area contributed by atoms with Gasteiger partial charge in [-0.15, -0.1) is 22.7 Å². The van der Waals surface area contributed by atoms with Crippen LogP contribution in [0, 0.1) is 0 Å². The molecule has 0 aliphatic heterocycles. The topological polar surface area (TPSA) is 0 Å². The molecular weight excluding hydrogens is 416 g/mol. The van der Waals surface area contributed by atoms with Crippen LogP contribution >= 0.6 is 54.5 Å².